The van der Waals surface area contributed by atoms with Gasteiger partial charge in [0.05, 0.1) is 12.2 Å². The van der Waals surface area contributed by atoms with E-state index in [1.807, 2.05) is 60.7 Å². The van der Waals surface area contributed by atoms with Crippen molar-refractivity contribution in [3.63, 3.8) is 0 Å². The van der Waals surface area contributed by atoms with Crippen molar-refractivity contribution in [3.8, 4) is 11.5 Å². The van der Waals surface area contributed by atoms with Gasteiger partial charge in [0.15, 0.2) is 6.10 Å². The first-order valence-corrected chi connectivity index (χ1v) is 10.7. The molecule has 0 saturated heterocycles. The number of fused-ring (bicyclic) bond motifs is 1. The van der Waals surface area contributed by atoms with Gasteiger partial charge >= 0.3 is 0 Å². The molecule has 0 radical (unpaired) electrons. The van der Waals surface area contributed by atoms with Crippen LogP contribution in [0.3, 0.4) is 0 Å². The third kappa shape index (κ3) is 5.27. The Morgan fingerprint density at radius 1 is 1.03 bits per heavy atom. The lowest BCUT2D eigenvalue weighted by Gasteiger charge is -2.33. The fourth-order valence-corrected chi connectivity index (χ4v) is 3.62. The first-order valence-electron chi connectivity index (χ1n) is 10.7. The number of ether oxygens (including phenoxy) is 2. The summed E-state index contributed by atoms with van der Waals surface area (Å²) in [7, 11) is 0. The van der Waals surface area contributed by atoms with Gasteiger partial charge in [-0.2, -0.15) is 0 Å². The van der Waals surface area contributed by atoms with Gasteiger partial charge in [-0.05, 0) is 43.2 Å². The van der Waals surface area contributed by atoms with Crippen LogP contribution in [0.2, 0.25) is 0 Å². The minimum absolute atomic E-state index is 0.0677. The molecular weight excluding hydrogens is 404 g/mol. The van der Waals surface area contributed by atoms with Crippen molar-refractivity contribution in [2.24, 2.45) is 0 Å². The Balaban J connectivity index is 1.39. The molecule has 0 aromatic heterocycles. The minimum Gasteiger partial charge on any atom is -0.492 e. The topological polar surface area (TPSA) is 67.9 Å². The number of anilines is 2. The summed E-state index contributed by atoms with van der Waals surface area (Å²) >= 11 is 0. The number of aryl methyl sites for hydroxylation is 1. The molecule has 3 aromatic carbocycles. The molecule has 1 aliphatic heterocycles. The van der Waals surface area contributed by atoms with Crippen molar-refractivity contribution in [1.82, 2.24) is 0 Å². The number of hydrogen-bond donors (Lipinski definition) is 1. The monoisotopic (exact) mass is 430 g/mol. The molecule has 0 bridgehead atoms. The van der Waals surface area contributed by atoms with Crippen LogP contribution in [0.25, 0.3) is 0 Å². The van der Waals surface area contributed by atoms with Crippen molar-refractivity contribution in [2.75, 3.05) is 23.4 Å². The molecule has 1 unspecified atom stereocenters. The molecule has 0 saturated carbocycles. The number of benzene rings is 3. The van der Waals surface area contributed by atoms with Crippen molar-refractivity contribution < 1.29 is 19.1 Å². The lowest BCUT2D eigenvalue weighted by molar-refractivity contribution is -0.125. The van der Waals surface area contributed by atoms with Gasteiger partial charge in [0.25, 0.3) is 5.91 Å². The Bertz CT molecular complexity index is 1070. The van der Waals surface area contributed by atoms with Gasteiger partial charge in [-0.15, -0.1) is 0 Å². The Labute approximate surface area is 187 Å². The first kappa shape index (κ1) is 21.4. The Morgan fingerprint density at radius 3 is 2.50 bits per heavy atom. The Morgan fingerprint density at radius 2 is 1.75 bits per heavy atom. The summed E-state index contributed by atoms with van der Waals surface area (Å²) in [4.78, 5) is 26.7. The van der Waals surface area contributed by atoms with Crippen molar-refractivity contribution in [2.45, 2.75) is 25.9 Å². The molecule has 32 heavy (non-hydrogen) atoms. The van der Waals surface area contributed by atoms with Crippen molar-refractivity contribution >= 4 is 23.2 Å². The number of carbonyl (C=O) groups excluding carboxylic acids is 2. The average molecular weight is 431 g/mol. The summed E-state index contributed by atoms with van der Waals surface area (Å²) in [5.74, 6) is 1.14. The van der Waals surface area contributed by atoms with E-state index in [4.69, 9.17) is 9.47 Å². The van der Waals surface area contributed by atoms with E-state index in [9.17, 15) is 9.59 Å². The van der Waals surface area contributed by atoms with Crippen LogP contribution >= 0.6 is 0 Å². The Hall–Kier alpha value is -3.80. The van der Waals surface area contributed by atoms with Gasteiger partial charge in [-0.3, -0.25) is 9.59 Å². The quantitative estimate of drug-likeness (QED) is 0.573. The maximum atomic E-state index is 12.7. The van der Waals surface area contributed by atoms with E-state index in [1.54, 1.807) is 30.0 Å². The van der Waals surface area contributed by atoms with Crippen LogP contribution in [0.1, 0.15) is 18.9 Å². The van der Waals surface area contributed by atoms with Crippen LogP contribution in [-0.2, 0) is 16.0 Å². The largest absolute Gasteiger partial charge is 0.492 e. The minimum atomic E-state index is -0.608. The van der Waals surface area contributed by atoms with E-state index in [2.05, 4.69) is 5.32 Å². The zero-order valence-corrected chi connectivity index (χ0v) is 18.0. The van der Waals surface area contributed by atoms with Crippen LogP contribution in [0.4, 0.5) is 11.4 Å². The van der Waals surface area contributed by atoms with Gasteiger partial charge in [0.1, 0.15) is 18.1 Å². The van der Waals surface area contributed by atoms with Crippen LogP contribution in [0.5, 0.6) is 11.5 Å². The molecular formula is C26H26N2O4. The van der Waals surface area contributed by atoms with Crippen LogP contribution in [0.15, 0.2) is 78.9 Å². The maximum absolute atomic E-state index is 12.7. The highest BCUT2D eigenvalue weighted by Gasteiger charge is 2.31. The summed E-state index contributed by atoms with van der Waals surface area (Å²) in [5, 5.41) is 2.92. The zero-order chi connectivity index (χ0) is 22.3. The van der Waals surface area contributed by atoms with Gasteiger partial charge in [-0.1, -0.05) is 48.5 Å². The zero-order valence-electron chi connectivity index (χ0n) is 18.0. The molecule has 3 aromatic rings. The molecule has 1 heterocycles. The molecule has 4 rings (SSSR count). The number of hydrogen-bond acceptors (Lipinski definition) is 4. The predicted molar refractivity (Wildman–Crippen MR) is 124 cm³/mol. The maximum Gasteiger partial charge on any atom is 0.267 e. The molecule has 0 fully saturated rings. The van der Waals surface area contributed by atoms with Gasteiger partial charge in [0.2, 0.25) is 5.91 Å². The highest BCUT2D eigenvalue weighted by Crippen LogP contribution is 2.36. The van der Waals surface area contributed by atoms with Gasteiger partial charge in [0, 0.05) is 18.2 Å². The third-order valence-corrected chi connectivity index (χ3v) is 5.26. The van der Waals surface area contributed by atoms with Gasteiger partial charge in [-0.25, -0.2) is 0 Å². The van der Waals surface area contributed by atoms with Crippen LogP contribution in [-0.4, -0.2) is 31.1 Å². The molecule has 0 aliphatic carbocycles. The van der Waals surface area contributed by atoms with E-state index in [0.29, 0.717) is 43.1 Å². The molecule has 1 N–H and O–H groups in total. The van der Waals surface area contributed by atoms with E-state index in [0.717, 1.165) is 11.3 Å². The molecule has 1 atom stereocenters. The number of nitrogens with one attached hydrogen (secondary N) is 1. The molecule has 6 nitrogen and oxygen atoms in total. The molecule has 2 amide bonds. The smallest absolute Gasteiger partial charge is 0.267 e. The SMILES string of the molecule is CC1Oc2cc(NC(=O)CCc3ccccc3)ccc2N(CCOc2ccccc2)C1=O. The van der Waals surface area contributed by atoms with Crippen molar-refractivity contribution in [3.05, 3.63) is 84.4 Å². The summed E-state index contributed by atoms with van der Waals surface area (Å²) in [6.45, 7) is 2.48. The van der Waals surface area contributed by atoms with Gasteiger partial charge < -0.3 is 19.7 Å². The van der Waals surface area contributed by atoms with Crippen LogP contribution < -0.4 is 19.7 Å². The first-order chi connectivity index (χ1) is 15.6. The molecule has 0 spiro atoms. The third-order valence-electron chi connectivity index (χ3n) is 5.26. The average Bonchev–Trinajstić information content (AvgIpc) is 2.81. The van der Waals surface area contributed by atoms with E-state index < -0.39 is 6.10 Å². The molecule has 1 aliphatic rings. The standard InChI is InChI=1S/C26H26N2O4/c1-19-26(30)28(16-17-31-22-10-6-3-7-11-22)23-14-13-21(18-24(23)32-19)27-25(29)15-12-20-8-4-2-5-9-20/h2-11,13-14,18-19H,12,15-17H2,1H3,(H,27,29). The number of rotatable bonds is 8. The van der Waals surface area contributed by atoms with Crippen molar-refractivity contribution in [1.29, 1.82) is 0 Å². The lowest BCUT2D eigenvalue weighted by atomic mass is 10.1. The second kappa shape index (κ2) is 10.0. The summed E-state index contributed by atoms with van der Waals surface area (Å²) < 4.78 is 11.6. The Kier molecular flexibility index (Phi) is 6.70. The number of amides is 2. The predicted octanol–water partition coefficient (Wildman–Crippen LogP) is 4.45. The summed E-state index contributed by atoms with van der Waals surface area (Å²) in [6.07, 6.45) is 0.456. The second-order valence-corrected chi connectivity index (χ2v) is 7.63. The van der Waals surface area contributed by atoms with E-state index >= 15 is 0 Å². The van der Waals surface area contributed by atoms with Crippen LogP contribution in [0, 0.1) is 0 Å². The fraction of sp³-hybridized carbons (Fsp3) is 0.231. The lowest BCUT2D eigenvalue weighted by Crippen LogP contribution is -2.46. The fourth-order valence-electron chi connectivity index (χ4n) is 3.62. The summed E-state index contributed by atoms with van der Waals surface area (Å²) in [5.41, 5.74) is 2.44. The number of para-hydroxylation sites is 1. The number of nitrogens with zero attached hydrogens (tertiary/aromatic N) is 1. The second-order valence-electron chi connectivity index (χ2n) is 7.63. The molecule has 6 heteroatoms. The normalized spacial score (nSPS) is 15.0. The van der Waals surface area contributed by atoms with E-state index in [1.165, 1.54) is 0 Å². The number of carbonyl (C=O) groups is 2. The summed E-state index contributed by atoms with van der Waals surface area (Å²) in [6, 6.07) is 24.8. The molecule has 164 valence electrons. The highest BCUT2D eigenvalue weighted by atomic mass is 16.5. The highest BCUT2D eigenvalue weighted by molar-refractivity contribution is 6.00. The van der Waals surface area contributed by atoms with E-state index in [-0.39, 0.29) is 11.8 Å².